The first-order valence-corrected chi connectivity index (χ1v) is 14.6. The fourth-order valence-corrected chi connectivity index (χ4v) is 7.91. The van der Waals surface area contributed by atoms with Crippen molar-refractivity contribution in [2.24, 2.45) is 23.7 Å². The van der Waals surface area contributed by atoms with Gasteiger partial charge in [-0.25, -0.2) is 4.98 Å². The first-order chi connectivity index (χ1) is 17.1. The molecule has 1 aromatic heterocycles. The maximum absolute atomic E-state index is 13.3. The van der Waals surface area contributed by atoms with E-state index >= 15 is 0 Å². The van der Waals surface area contributed by atoms with Gasteiger partial charge >= 0.3 is 0 Å². The highest BCUT2D eigenvalue weighted by Crippen LogP contribution is 2.47. The quantitative estimate of drug-likeness (QED) is 0.322. The molecule has 8 atom stereocenters. The van der Waals surface area contributed by atoms with E-state index in [0.29, 0.717) is 12.0 Å². The lowest BCUT2D eigenvalue weighted by Gasteiger charge is -2.44. The van der Waals surface area contributed by atoms with Crippen molar-refractivity contribution in [3.63, 3.8) is 0 Å². The third-order valence-corrected chi connectivity index (χ3v) is 10.3. The standard InChI is InChI=1S/C28H45N3O4S/c1-16-9-10-18(3)28(35,25(33)19(16)4)26(34)24(32)22-17(2)15-21-23(20(22)5)30-27(36-21)29-11-14-31-12-7-6-8-13-31/h16-18,20,22,24,26,32,34-35H,4,6-15H2,1-3,5H3,(H,29,30). The van der Waals surface area contributed by atoms with Crippen molar-refractivity contribution in [3.8, 4) is 0 Å². The first-order valence-electron chi connectivity index (χ1n) is 13.8. The van der Waals surface area contributed by atoms with Gasteiger partial charge < -0.3 is 25.5 Å². The summed E-state index contributed by atoms with van der Waals surface area (Å²) in [6, 6.07) is 0. The Balaban J connectivity index is 1.47. The SMILES string of the molecule is C=C1C(=O)C(O)(C(O)C(O)C2C(C)Cc3sc(NCCN4CCCCC4)nc3C2C)C(C)CCC1C. The number of Topliss-reactive ketones (excluding diaryl/α,β-unsaturated/α-hetero) is 1. The number of nitrogens with one attached hydrogen (secondary N) is 1. The number of rotatable bonds is 7. The minimum atomic E-state index is -2.04. The van der Waals surface area contributed by atoms with Gasteiger partial charge in [-0.2, -0.15) is 0 Å². The van der Waals surface area contributed by atoms with Gasteiger partial charge in [0.25, 0.3) is 0 Å². The molecule has 0 radical (unpaired) electrons. The van der Waals surface area contributed by atoms with Crippen molar-refractivity contribution in [2.75, 3.05) is 31.5 Å². The Morgan fingerprint density at radius 3 is 2.56 bits per heavy atom. The Kier molecular flexibility index (Phi) is 8.62. The smallest absolute Gasteiger partial charge is 0.193 e. The van der Waals surface area contributed by atoms with Crippen molar-refractivity contribution in [1.82, 2.24) is 9.88 Å². The third-order valence-electron chi connectivity index (χ3n) is 9.26. The summed E-state index contributed by atoms with van der Waals surface area (Å²) in [5.41, 5.74) is -0.746. The third kappa shape index (κ3) is 5.17. The maximum Gasteiger partial charge on any atom is 0.193 e. The summed E-state index contributed by atoms with van der Waals surface area (Å²) in [4.78, 5) is 21.9. The van der Waals surface area contributed by atoms with Gasteiger partial charge in [-0.05, 0) is 74.4 Å². The van der Waals surface area contributed by atoms with Crippen molar-refractivity contribution < 1.29 is 20.1 Å². The molecule has 1 aromatic rings. The molecule has 1 saturated carbocycles. The van der Waals surface area contributed by atoms with E-state index in [9.17, 15) is 20.1 Å². The highest BCUT2D eigenvalue weighted by molar-refractivity contribution is 7.15. The highest BCUT2D eigenvalue weighted by atomic mass is 32.1. The van der Waals surface area contributed by atoms with E-state index in [0.717, 1.165) is 36.8 Å². The number of thiazole rings is 1. The normalized spacial score (nSPS) is 35.7. The van der Waals surface area contributed by atoms with Crippen LogP contribution in [0.4, 0.5) is 5.13 Å². The average Bonchev–Trinajstić information content (AvgIpc) is 3.25. The molecule has 1 aliphatic heterocycles. The van der Waals surface area contributed by atoms with Gasteiger partial charge in [0.15, 0.2) is 16.5 Å². The number of hydrogen-bond acceptors (Lipinski definition) is 8. The molecule has 4 rings (SSSR count). The van der Waals surface area contributed by atoms with Crippen LogP contribution in [0.1, 0.15) is 76.3 Å². The molecule has 2 fully saturated rings. The van der Waals surface area contributed by atoms with Crippen LogP contribution in [-0.2, 0) is 11.2 Å². The number of hydrogen-bond donors (Lipinski definition) is 4. The van der Waals surface area contributed by atoms with Crippen molar-refractivity contribution in [3.05, 3.63) is 22.7 Å². The number of anilines is 1. The number of piperidine rings is 1. The Hall–Kier alpha value is -1.32. The molecule has 2 heterocycles. The number of carbonyl (C=O) groups is 1. The van der Waals surface area contributed by atoms with E-state index in [1.807, 2.05) is 13.8 Å². The van der Waals surface area contributed by atoms with Gasteiger partial charge in [0.1, 0.15) is 6.10 Å². The molecular weight excluding hydrogens is 474 g/mol. The number of likely N-dealkylation sites (tertiary alicyclic amines) is 1. The molecule has 3 aliphatic rings. The van der Waals surface area contributed by atoms with Crippen LogP contribution in [0.3, 0.4) is 0 Å². The van der Waals surface area contributed by atoms with Crippen LogP contribution in [0.15, 0.2) is 12.2 Å². The number of aromatic nitrogens is 1. The monoisotopic (exact) mass is 519 g/mol. The predicted octanol–water partition coefficient (Wildman–Crippen LogP) is 3.60. The summed E-state index contributed by atoms with van der Waals surface area (Å²) in [6.07, 6.45) is 3.13. The Morgan fingerprint density at radius 2 is 1.86 bits per heavy atom. The minimum Gasteiger partial charge on any atom is -0.390 e. The molecule has 2 aliphatic carbocycles. The van der Waals surface area contributed by atoms with E-state index in [2.05, 4.69) is 23.7 Å². The summed E-state index contributed by atoms with van der Waals surface area (Å²) in [7, 11) is 0. The molecule has 8 heteroatoms. The second kappa shape index (κ2) is 11.2. The van der Waals surface area contributed by atoms with Crippen LogP contribution in [0.2, 0.25) is 0 Å². The lowest BCUT2D eigenvalue weighted by molar-refractivity contribution is -0.179. The van der Waals surface area contributed by atoms with E-state index < -0.39 is 29.5 Å². The molecule has 0 amide bonds. The zero-order chi connectivity index (χ0) is 26.2. The molecule has 8 unspecified atom stereocenters. The number of fused-ring (bicyclic) bond motifs is 1. The molecule has 1 saturated heterocycles. The van der Waals surface area contributed by atoms with E-state index in [1.54, 1.807) is 18.3 Å². The summed E-state index contributed by atoms with van der Waals surface area (Å²) >= 11 is 1.68. The molecule has 36 heavy (non-hydrogen) atoms. The van der Waals surface area contributed by atoms with Crippen molar-refractivity contribution in [1.29, 1.82) is 0 Å². The first kappa shape index (κ1) is 27.7. The number of aliphatic hydroxyl groups excluding tert-OH is 2. The van der Waals surface area contributed by atoms with Crippen LogP contribution in [0.5, 0.6) is 0 Å². The fourth-order valence-electron chi connectivity index (χ4n) is 6.68. The summed E-state index contributed by atoms with van der Waals surface area (Å²) in [6.45, 7) is 16.0. The Bertz CT molecular complexity index is 945. The maximum atomic E-state index is 13.3. The van der Waals surface area contributed by atoms with Gasteiger partial charge in [0.2, 0.25) is 0 Å². The van der Waals surface area contributed by atoms with Gasteiger partial charge in [0.05, 0.1) is 11.8 Å². The molecule has 0 spiro atoms. The Morgan fingerprint density at radius 1 is 1.17 bits per heavy atom. The molecular formula is C28H45N3O4S. The highest BCUT2D eigenvalue weighted by Gasteiger charge is 2.55. The lowest BCUT2D eigenvalue weighted by atomic mass is 9.66. The van der Waals surface area contributed by atoms with Crippen LogP contribution in [0, 0.1) is 23.7 Å². The molecule has 0 bridgehead atoms. The molecule has 0 aromatic carbocycles. The van der Waals surface area contributed by atoms with Crippen LogP contribution in [0.25, 0.3) is 0 Å². The Labute approximate surface area is 220 Å². The average molecular weight is 520 g/mol. The van der Waals surface area contributed by atoms with Gasteiger partial charge in [0, 0.05) is 23.9 Å². The molecule has 7 nitrogen and oxygen atoms in total. The molecule has 4 N–H and O–H groups in total. The van der Waals surface area contributed by atoms with Crippen LogP contribution >= 0.6 is 11.3 Å². The van der Waals surface area contributed by atoms with Gasteiger partial charge in [-0.1, -0.05) is 40.7 Å². The van der Waals surface area contributed by atoms with E-state index in [-0.39, 0.29) is 23.7 Å². The van der Waals surface area contributed by atoms with Crippen molar-refractivity contribution >= 4 is 22.3 Å². The number of carbonyl (C=O) groups excluding carboxylic acids is 1. The minimum absolute atomic E-state index is 0.0516. The summed E-state index contributed by atoms with van der Waals surface area (Å²) in [5.74, 6) is -1.42. The number of aliphatic hydroxyl groups is 3. The topological polar surface area (TPSA) is 106 Å². The lowest BCUT2D eigenvalue weighted by Crippen LogP contribution is -2.61. The van der Waals surface area contributed by atoms with Crippen molar-refractivity contribution in [2.45, 2.75) is 89.9 Å². The number of ketones is 1. The van der Waals surface area contributed by atoms with Crippen LogP contribution < -0.4 is 5.32 Å². The van der Waals surface area contributed by atoms with E-state index in [1.165, 1.54) is 37.2 Å². The second-order valence-corrected chi connectivity index (χ2v) is 12.8. The summed E-state index contributed by atoms with van der Waals surface area (Å²) in [5, 5.41) is 38.8. The summed E-state index contributed by atoms with van der Waals surface area (Å²) < 4.78 is 0. The van der Waals surface area contributed by atoms with Gasteiger partial charge in [-0.3, -0.25) is 4.79 Å². The van der Waals surface area contributed by atoms with Crippen LogP contribution in [-0.4, -0.2) is 75.0 Å². The predicted molar refractivity (Wildman–Crippen MR) is 144 cm³/mol. The van der Waals surface area contributed by atoms with Gasteiger partial charge in [-0.15, -0.1) is 11.3 Å². The number of nitrogens with zero attached hydrogens (tertiary/aromatic N) is 2. The fraction of sp³-hybridized carbons (Fsp3) is 0.786. The zero-order valence-electron chi connectivity index (χ0n) is 22.4. The van der Waals surface area contributed by atoms with E-state index in [4.69, 9.17) is 4.98 Å². The second-order valence-electron chi connectivity index (χ2n) is 11.7. The molecule has 202 valence electrons. The largest absolute Gasteiger partial charge is 0.390 e. The zero-order valence-corrected chi connectivity index (χ0v) is 23.2.